The van der Waals surface area contributed by atoms with E-state index in [1.54, 1.807) is 33.4 Å². The number of methoxy groups -OCH3 is 2. The number of hydrogen-bond donors (Lipinski definition) is 2. The Balaban J connectivity index is 0.000000267. The molecule has 0 aliphatic rings. The van der Waals surface area contributed by atoms with E-state index in [9.17, 15) is 9.59 Å². The number of alkyl halides is 1. The molecule has 0 aliphatic heterocycles. The molecule has 0 saturated heterocycles. The summed E-state index contributed by atoms with van der Waals surface area (Å²) in [5, 5.41) is 14.5. The number of amides is 1. The van der Waals surface area contributed by atoms with Crippen molar-refractivity contribution in [3.8, 4) is 11.5 Å². The summed E-state index contributed by atoms with van der Waals surface area (Å²) in [4.78, 5) is 24.7. The number of halogens is 1. The number of carboxylic acids is 1. The summed E-state index contributed by atoms with van der Waals surface area (Å²) >= 11 is 6.52. The molecule has 5 aromatic rings. The third-order valence-corrected chi connectivity index (χ3v) is 9.79. The van der Waals surface area contributed by atoms with Crippen LogP contribution < -0.4 is 14.8 Å². The number of rotatable bonds is 15. The lowest BCUT2D eigenvalue weighted by Crippen LogP contribution is -2.29. The molecular weight excluding hydrogens is 692 g/mol. The lowest BCUT2D eigenvalue weighted by atomic mass is 9.98. The molecule has 1 amide bonds. The maximum atomic E-state index is 12.5. The molecule has 2 heterocycles. The zero-order valence-corrected chi connectivity index (χ0v) is 33.5. The monoisotopic (exact) mass is 746 g/mol. The van der Waals surface area contributed by atoms with Crippen LogP contribution in [0.1, 0.15) is 104 Å². The standard InChI is InChI=1S/C26H32N2O5.C17H23ClO2/c1-16(2)14-22(25-17(3)21-15-20(32-5)10-11-23(21)33-25)27-19-8-6-18(7-9-19)26(31)28(4)13-12-24(29)30;1-6-12-14(19-5)7-8-15-16(12)11(4)17(20-15)13(18)9-10(2)3/h6-11,15-16,22,27H,12-14H2,1-5H3,(H,29,30);7-8,10,13H,6,9H2,1-5H3. The van der Waals surface area contributed by atoms with Crippen LogP contribution in [0.4, 0.5) is 5.69 Å². The molecular formula is C43H55ClN2O7. The lowest BCUT2D eigenvalue weighted by molar-refractivity contribution is -0.137. The van der Waals surface area contributed by atoms with Crippen molar-refractivity contribution >= 4 is 51.1 Å². The van der Waals surface area contributed by atoms with Gasteiger partial charge in [0.05, 0.1) is 32.1 Å². The maximum absolute atomic E-state index is 12.5. The largest absolute Gasteiger partial charge is 0.497 e. The summed E-state index contributed by atoms with van der Waals surface area (Å²) < 4.78 is 23.1. The number of carbonyl (C=O) groups is 2. The van der Waals surface area contributed by atoms with E-state index in [2.05, 4.69) is 53.8 Å². The van der Waals surface area contributed by atoms with E-state index in [0.717, 1.165) is 81.0 Å². The molecule has 0 spiro atoms. The number of nitrogens with one attached hydrogen (secondary N) is 1. The summed E-state index contributed by atoms with van der Waals surface area (Å²) in [5.74, 6) is 3.36. The first kappa shape index (κ1) is 41.1. The van der Waals surface area contributed by atoms with Gasteiger partial charge in [0.15, 0.2) is 0 Å². The Hall–Kier alpha value is -4.63. The van der Waals surface area contributed by atoms with Gasteiger partial charge in [0, 0.05) is 52.3 Å². The van der Waals surface area contributed by atoms with Crippen LogP contribution in [0.2, 0.25) is 0 Å². The molecule has 2 N–H and O–H groups in total. The Labute approximate surface area is 318 Å². The van der Waals surface area contributed by atoms with Crippen molar-refractivity contribution in [3.05, 3.63) is 88.4 Å². The molecule has 2 atom stereocenters. The first-order chi connectivity index (χ1) is 25.2. The van der Waals surface area contributed by atoms with Gasteiger partial charge in [0.2, 0.25) is 0 Å². The Kier molecular flexibility index (Phi) is 14.3. The molecule has 0 fully saturated rings. The number of fused-ring (bicyclic) bond motifs is 2. The summed E-state index contributed by atoms with van der Waals surface area (Å²) in [6.07, 6.45) is 2.62. The van der Waals surface area contributed by atoms with Crippen molar-refractivity contribution in [1.82, 2.24) is 4.90 Å². The van der Waals surface area contributed by atoms with Gasteiger partial charge in [0.25, 0.3) is 5.91 Å². The van der Waals surface area contributed by atoms with E-state index in [1.807, 2.05) is 42.5 Å². The van der Waals surface area contributed by atoms with Crippen LogP contribution in [0.3, 0.4) is 0 Å². The Bertz CT molecular complexity index is 1990. The van der Waals surface area contributed by atoms with E-state index in [-0.39, 0.29) is 30.3 Å². The summed E-state index contributed by atoms with van der Waals surface area (Å²) in [6, 6.07) is 17.0. The van der Waals surface area contributed by atoms with E-state index in [1.165, 1.54) is 10.5 Å². The highest BCUT2D eigenvalue weighted by molar-refractivity contribution is 6.21. The molecule has 0 aliphatic carbocycles. The Morgan fingerprint density at radius 1 is 0.868 bits per heavy atom. The second-order valence-electron chi connectivity index (χ2n) is 14.4. The zero-order chi connectivity index (χ0) is 39.0. The highest BCUT2D eigenvalue weighted by Gasteiger charge is 2.24. The van der Waals surface area contributed by atoms with E-state index >= 15 is 0 Å². The average Bonchev–Trinajstić information content (AvgIpc) is 3.65. The fourth-order valence-electron chi connectivity index (χ4n) is 6.66. The summed E-state index contributed by atoms with van der Waals surface area (Å²) in [6.45, 7) is 15.1. The topological polar surface area (TPSA) is 114 Å². The predicted octanol–water partition coefficient (Wildman–Crippen LogP) is 11.1. The van der Waals surface area contributed by atoms with Crippen LogP contribution in [0.25, 0.3) is 21.9 Å². The van der Waals surface area contributed by atoms with Gasteiger partial charge in [0.1, 0.15) is 34.2 Å². The first-order valence-corrected chi connectivity index (χ1v) is 18.8. The highest BCUT2D eigenvalue weighted by Crippen LogP contribution is 2.40. The average molecular weight is 747 g/mol. The summed E-state index contributed by atoms with van der Waals surface area (Å²) in [7, 11) is 4.97. The molecule has 53 heavy (non-hydrogen) atoms. The van der Waals surface area contributed by atoms with Crippen molar-refractivity contribution in [3.63, 3.8) is 0 Å². The minimum Gasteiger partial charge on any atom is -0.497 e. The second kappa shape index (κ2) is 18.4. The molecule has 9 nitrogen and oxygen atoms in total. The molecule has 3 aromatic carbocycles. The van der Waals surface area contributed by atoms with Crippen LogP contribution >= 0.6 is 11.6 Å². The van der Waals surface area contributed by atoms with Crippen LogP contribution in [0, 0.1) is 25.7 Å². The summed E-state index contributed by atoms with van der Waals surface area (Å²) in [5.41, 5.74) is 6.55. The maximum Gasteiger partial charge on any atom is 0.305 e. The number of aryl methyl sites for hydroxylation is 3. The highest BCUT2D eigenvalue weighted by atomic mass is 35.5. The van der Waals surface area contributed by atoms with Gasteiger partial charge in [-0.05, 0) is 99.5 Å². The molecule has 286 valence electrons. The molecule has 0 radical (unpaired) electrons. The minimum atomic E-state index is -0.926. The van der Waals surface area contributed by atoms with Gasteiger partial charge in [-0.1, -0.05) is 34.6 Å². The number of ether oxygens (including phenoxy) is 2. The Morgan fingerprint density at radius 2 is 1.51 bits per heavy atom. The minimum absolute atomic E-state index is 0.0387. The Morgan fingerprint density at radius 3 is 2.09 bits per heavy atom. The van der Waals surface area contributed by atoms with Crippen LogP contribution in [0.15, 0.2) is 63.4 Å². The zero-order valence-electron chi connectivity index (χ0n) is 32.8. The predicted molar refractivity (Wildman–Crippen MR) is 214 cm³/mol. The fourth-order valence-corrected chi connectivity index (χ4v) is 7.22. The van der Waals surface area contributed by atoms with Crippen molar-refractivity contribution in [2.45, 2.75) is 85.6 Å². The van der Waals surface area contributed by atoms with Crippen molar-refractivity contribution < 1.29 is 33.0 Å². The number of aliphatic carboxylic acids is 1. The van der Waals surface area contributed by atoms with E-state index in [0.29, 0.717) is 17.4 Å². The number of nitrogens with zero attached hydrogens (tertiary/aromatic N) is 1. The first-order valence-electron chi connectivity index (χ1n) is 18.3. The van der Waals surface area contributed by atoms with Crippen LogP contribution in [-0.2, 0) is 11.2 Å². The number of carboxylic acid groups (broad SMARTS) is 1. The quantitative estimate of drug-likeness (QED) is 0.102. The molecule has 2 unspecified atom stereocenters. The molecule has 0 saturated carbocycles. The number of hydrogen-bond acceptors (Lipinski definition) is 7. The van der Waals surface area contributed by atoms with Gasteiger partial charge >= 0.3 is 5.97 Å². The van der Waals surface area contributed by atoms with Crippen LogP contribution in [0.5, 0.6) is 11.5 Å². The molecule has 10 heteroatoms. The van der Waals surface area contributed by atoms with Crippen LogP contribution in [-0.4, -0.2) is 49.7 Å². The number of benzene rings is 3. The van der Waals surface area contributed by atoms with Gasteiger partial charge in [-0.25, -0.2) is 0 Å². The fraction of sp³-hybridized carbons (Fsp3) is 0.442. The van der Waals surface area contributed by atoms with E-state index in [4.69, 9.17) is 35.0 Å². The molecule has 2 aromatic heterocycles. The van der Waals surface area contributed by atoms with E-state index < -0.39 is 5.97 Å². The lowest BCUT2D eigenvalue weighted by Gasteiger charge is -2.21. The smallest absolute Gasteiger partial charge is 0.305 e. The third-order valence-electron chi connectivity index (χ3n) is 9.42. The van der Waals surface area contributed by atoms with Gasteiger partial charge < -0.3 is 33.6 Å². The number of carbonyl (C=O) groups excluding carboxylic acids is 1. The third kappa shape index (κ3) is 10.1. The van der Waals surface area contributed by atoms with Crippen molar-refractivity contribution in [1.29, 1.82) is 0 Å². The molecule has 5 rings (SSSR count). The number of anilines is 1. The molecule has 0 bridgehead atoms. The number of furan rings is 2. The normalized spacial score (nSPS) is 12.5. The van der Waals surface area contributed by atoms with Crippen molar-refractivity contribution in [2.75, 3.05) is 33.1 Å². The second-order valence-corrected chi connectivity index (χ2v) is 14.9. The van der Waals surface area contributed by atoms with Crippen molar-refractivity contribution in [2.24, 2.45) is 11.8 Å². The van der Waals surface area contributed by atoms with Gasteiger partial charge in [-0.2, -0.15) is 0 Å². The SMILES string of the molecule is CCc1c(OC)ccc2oc(C(Cl)CC(C)C)c(C)c12.COc1ccc2oc(C(CC(C)C)Nc3ccc(C(=O)N(C)CCC(=O)O)cc3)c(C)c2c1. The van der Waals surface area contributed by atoms with Gasteiger partial charge in [-0.15, -0.1) is 11.6 Å². The van der Waals surface area contributed by atoms with Gasteiger partial charge in [-0.3, -0.25) is 9.59 Å².